The highest BCUT2D eigenvalue weighted by atomic mass is 19.2. The minimum absolute atomic E-state index is 0.129. The van der Waals surface area contributed by atoms with E-state index in [0.29, 0.717) is 12.1 Å². The fraction of sp³-hybridized carbons (Fsp3) is 0.200. The van der Waals surface area contributed by atoms with E-state index in [2.05, 4.69) is 15.5 Å². The van der Waals surface area contributed by atoms with Crippen molar-refractivity contribution in [2.24, 2.45) is 0 Å². The standard InChI is InChI=1S/C15H14F2N4/c1-10(11-5-6-12(16)13(17)8-11)18-9-15-20-19-14-4-2-3-7-21(14)15/h2-8,10,18H,9H2,1H3. The van der Waals surface area contributed by atoms with Crippen LogP contribution in [0.1, 0.15) is 24.4 Å². The predicted molar refractivity (Wildman–Crippen MR) is 74.6 cm³/mol. The van der Waals surface area contributed by atoms with Crippen LogP contribution in [0.5, 0.6) is 0 Å². The summed E-state index contributed by atoms with van der Waals surface area (Å²) in [5.74, 6) is -0.913. The van der Waals surface area contributed by atoms with Crippen molar-refractivity contribution >= 4 is 5.65 Å². The monoisotopic (exact) mass is 288 g/mol. The van der Waals surface area contributed by atoms with Crippen molar-refractivity contribution in [3.63, 3.8) is 0 Å². The second-order valence-corrected chi connectivity index (χ2v) is 4.82. The van der Waals surface area contributed by atoms with Crippen molar-refractivity contribution in [2.45, 2.75) is 19.5 Å². The summed E-state index contributed by atoms with van der Waals surface area (Å²) in [6, 6.07) is 9.44. The van der Waals surface area contributed by atoms with E-state index in [-0.39, 0.29) is 6.04 Å². The first-order chi connectivity index (χ1) is 10.1. The molecule has 0 radical (unpaired) electrons. The molecule has 0 bridgehead atoms. The van der Waals surface area contributed by atoms with E-state index < -0.39 is 11.6 Å². The summed E-state index contributed by atoms with van der Waals surface area (Å²) >= 11 is 0. The second-order valence-electron chi connectivity index (χ2n) is 4.82. The third kappa shape index (κ3) is 2.75. The van der Waals surface area contributed by atoms with Gasteiger partial charge in [0, 0.05) is 12.2 Å². The second kappa shape index (κ2) is 5.57. The Kier molecular flexibility index (Phi) is 3.62. The molecule has 6 heteroatoms. The lowest BCUT2D eigenvalue weighted by molar-refractivity contribution is 0.499. The van der Waals surface area contributed by atoms with Gasteiger partial charge >= 0.3 is 0 Å². The molecular weight excluding hydrogens is 274 g/mol. The van der Waals surface area contributed by atoms with Crippen molar-refractivity contribution in [3.05, 3.63) is 65.6 Å². The third-order valence-corrected chi connectivity index (χ3v) is 3.39. The number of hydrogen-bond acceptors (Lipinski definition) is 3. The van der Waals surface area contributed by atoms with Gasteiger partial charge in [0.15, 0.2) is 23.1 Å². The van der Waals surface area contributed by atoms with Crippen LogP contribution in [0.25, 0.3) is 5.65 Å². The topological polar surface area (TPSA) is 42.2 Å². The van der Waals surface area contributed by atoms with Crippen LogP contribution in [0.15, 0.2) is 42.6 Å². The Morgan fingerprint density at radius 3 is 2.81 bits per heavy atom. The van der Waals surface area contributed by atoms with Crippen LogP contribution in [-0.2, 0) is 6.54 Å². The first-order valence-corrected chi connectivity index (χ1v) is 6.62. The molecule has 4 nitrogen and oxygen atoms in total. The number of halogens is 2. The molecule has 2 heterocycles. The molecule has 108 valence electrons. The molecule has 0 aliphatic heterocycles. The number of nitrogens with one attached hydrogen (secondary N) is 1. The fourth-order valence-electron chi connectivity index (χ4n) is 2.16. The van der Waals surface area contributed by atoms with Gasteiger partial charge in [-0.15, -0.1) is 10.2 Å². The molecule has 1 atom stereocenters. The van der Waals surface area contributed by atoms with Gasteiger partial charge in [0.2, 0.25) is 0 Å². The summed E-state index contributed by atoms with van der Waals surface area (Å²) in [7, 11) is 0. The molecule has 0 aliphatic rings. The van der Waals surface area contributed by atoms with Gasteiger partial charge in [-0.2, -0.15) is 0 Å². The van der Waals surface area contributed by atoms with Gasteiger partial charge in [-0.05, 0) is 36.8 Å². The SMILES string of the molecule is CC(NCc1nnc2ccccn12)c1ccc(F)c(F)c1. The number of benzene rings is 1. The minimum Gasteiger partial charge on any atom is -0.303 e. The smallest absolute Gasteiger partial charge is 0.160 e. The summed E-state index contributed by atoms with van der Waals surface area (Å²) in [4.78, 5) is 0. The molecule has 21 heavy (non-hydrogen) atoms. The molecule has 0 aliphatic carbocycles. The van der Waals surface area contributed by atoms with Crippen molar-refractivity contribution < 1.29 is 8.78 Å². The number of fused-ring (bicyclic) bond motifs is 1. The molecule has 2 aromatic heterocycles. The quantitative estimate of drug-likeness (QED) is 0.802. The van der Waals surface area contributed by atoms with Crippen LogP contribution in [0.3, 0.4) is 0 Å². The van der Waals surface area contributed by atoms with E-state index in [4.69, 9.17) is 0 Å². The zero-order chi connectivity index (χ0) is 14.8. The minimum atomic E-state index is -0.839. The maximum absolute atomic E-state index is 13.2. The number of rotatable bonds is 4. The van der Waals surface area contributed by atoms with Gasteiger partial charge in [-0.1, -0.05) is 12.1 Å². The molecule has 1 unspecified atom stereocenters. The third-order valence-electron chi connectivity index (χ3n) is 3.39. The average Bonchev–Trinajstić information content (AvgIpc) is 2.91. The lowest BCUT2D eigenvalue weighted by Gasteiger charge is -2.13. The molecule has 0 spiro atoms. The lowest BCUT2D eigenvalue weighted by Crippen LogP contribution is -2.19. The summed E-state index contributed by atoms with van der Waals surface area (Å²) in [6.07, 6.45) is 1.88. The number of nitrogens with zero attached hydrogens (tertiary/aromatic N) is 3. The summed E-state index contributed by atoms with van der Waals surface area (Å²) < 4.78 is 28.0. The van der Waals surface area contributed by atoms with Crippen molar-refractivity contribution in [1.29, 1.82) is 0 Å². The molecule has 0 amide bonds. The Balaban J connectivity index is 1.73. The Labute approximate surface area is 120 Å². The molecule has 3 aromatic rings. The first-order valence-electron chi connectivity index (χ1n) is 6.62. The highest BCUT2D eigenvalue weighted by molar-refractivity contribution is 5.37. The highest BCUT2D eigenvalue weighted by Gasteiger charge is 2.11. The normalized spacial score (nSPS) is 12.7. The van der Waals surface area contributed by atoms with Crippen molar-refractivity contribution in [3.8, 4) is 0 Å². The Morgan fingerprint density at radius 1 is 1.14 bits per heavy atom. The van der Waals surface area contributed by atoms with Crippen LogP contribution in [0.2, 0.25) is 0 Å². The number of aromatic nitrogens is 3. The van der Waals surface area contributed by atoms with E-state index in [0.717, 1.165) is 17.5 Å². The molecule has 3 rings (SSSR count). The summed E-state index contributed by atoms with van der Waals surface area (Å²) in [5, 5.41) is 11.4. The summed E-state index contributed by atoms with van der Waals surface area (Å²) in [5.41, 5.74) is 1.46. The number of pyridine rings is 1. The van der Waals surface area contributed by atoms with Crippen LogP contribution < -0.4 is 5.32 Å². The molecular formula is C15H14F2N4. The zero-order valence-electron chi connectivity index (χ0n) is 11.4. The Hall–Kier alpha value is -2.34. The summed E-state index contributed by atoms with van der Waals surface area (Å²) in [6.45, 7) is 2.36. The van der Waals surface area contributed by atoms with Crippen LogP contribution in [-0.4, -0.2) is 14.6 Å². The first kappa shape index (κ1) is 13.6. The molecule has 1 aromatic carbocycles. The van der Waals surface area contributed by atoms with Gasteiger partial charge in [-0.25, -0.2) is 8.78 Å². The van der Waals surface area contributed by atoms with E-state index in [9.17, 15) is 8.78 Å². The van der Waals surface area contributed by atoms with E-state index in [1.807, 2.05) is 35.7 Å². The van der Waals surface area contributed by atoms with Crippen molar-refractivity contribution in [2.75, 3.05) is 0 Å². The van der Waals surface area contributed by atoms with E-state index in [1.54, 1.807) is 6.07 Å². The lowest BCUT2D eigenvalue weighted by atomic mass is 10.1. The van der Waals surface area contributed by atoms with E-state index in [1.165, 1.54) is 6.07 Å². The Bertz CT molecular complexity index is 769. The molecule has 0 fully saturated rings. The molecule has 1 N–H and O–H groups in total. The van der Waals surface area contributed by atoms with Gasteiger partial charge in [0.1, 0.15) is 0 Å². The van der Waals surface area contributed by atoms with Crippen LogP contribution in [0.4, 0.5) is 8.78 Å². The van der Waals surface area contributed by atoms with Crippen LogP contribution in [0, 0.1) is 11.6 Å². The maximum atomic E-state index is 13.2. The highest BCUT2D eigenvalue weighted by Crippen LogP contribution is 2.16. The zero-order valence-corrected chi connectivity index (χ0v) is 11.4. The van der Waals surface area contributed by atoms with Crippen molar-refractivity contribution in [1.82, 2.24) is 19.9 Å². The van der Waals surface area contributed by atoms with Gasteiger partial charge in [0.05, 0.1) is 6.54 Å². The average molecular weight is 288 g/mol. The van der Waals surface area contributed by atoms with Gasteiger partial charge in [0.25, 0.3) is 0 Å². The predicted octanol–water partition coefficient (Wildman–Crippen LogP) is 2.86. The van der Waals surface area contributed by atoms with Gasteiger partial charge < -0.3 is 5.32 Å². The van der Waals surface area contributed by atoms with Gasteiger partial charge in [-0.3, -0.25) is 4.40 Å². The van der Waals surface area contributed by atoms with E-state index >= 15 is 0 Å². The maximum Gasteiger partial charge on any atom is 0.160 e. The van der Waals surface area contributed by atoms with Crippen LogP contribution >= 0.6 is 0 Å². The molecule has 0 saturated carbocycles. The Morgan fingerprint density at radius 2 is 2.00 bits per heavy atom. The molecule has 0 saturated heterocycles. The number of hydrogen-bond donors (Lipinski definition) is 1. The largest absolute Gasteiger partial charge is 0.303 e. The fourth-order valence-corrected chi connectivity index (χ4v) is 2.16.